The normalized spacial score (nSPS) is 25.0. The number of imide groups is 1. The van der Waals surface area contributed by atoms with Gasteiger partial charge in [0.2, 0.25) is 17.7 Å². The zero-order valence-corrected chi connectivity index (χ0v) is 23.5. The SMILES string of the molecule is Cc1ccccc1N1C[C@H](C(=O)Oc2ccc(N3C(=O)[C@H]4C5c6ccccc6C(c6ccccc65)[C@@H]4C3=O)cc2)CC1=O. The number of hydrogen-bond acceptors (Lipinski definition) is 5. The van der Waals surface area contributed by atoms with Gasteiger partial charge in [0, 0.05) is 30.5 Å². The summed E-state index contributed by atoms with van der Waals surface area (Å²) in [6.45, 7) is 2.19. The number of esters is 1. The number of para-hydroxylation sites is 1. The highest BCUT2D eigenvalue weighted by Crippen LogP contribution is 2.61. The number of nitrogens with zero attached hydrogens (tertiary/aromatic N) is 2. The van der Waals surface area contributed by atoms with Gasteiger partial charge in [-0.1, -0.05) is 66.7 Å². The molecule has 212 valence electrons. The van der Waals surface area contributed by atoms with Crippen molar-refractivity contribution >= 4 is 35.1 Å². The van der Waals surface area contributed by atoms with E-state index in [0.29, 0.717) is 11.4 Å². The summed E-state index contributed by atoms with van der Waals surface area (Å²) in [6, 6.07) is 30.4. The van der Waals surface area contributed by atoms with Crippen LogP contribution < -0.4 is 14.5 Å². The molecule has 0 radical (unpaired) electrons. The van der Waals surface area contributed by atoms with Crippen LogP contribution in [0.2, 0.25) is 0 Å². The second-order valence-electron chi connectivity index (χ2n) is 11.9. The molecule has 9 rings (SSSR count). The smallest absolute Gasteiger partial charge is 0.316 e. The Morgan fingerprint density at radius 2 is 1.21 bits per heavy atom. The highest BCUT2D eigenvalue weighted by Gasteiger charge is 2.61. The van der Waals surface area contributed by atoms with E-state index >= 15 is 0 Å². The van der Waals surface area contributed by atoms with E-state index in [2.05, 4.69) is 24.3 Å². The van der Waals surface area contributed by atoms with Crippen molar-refractivity contribution in [3.8, 4) is 5.75 Å². The molecule has 4 aromatic rings. The maximum Gasteiger partial charge on any atom is 0.316 e. The molecule has 4 aromatic carbocycles. The van der Waals surface area contributed by atoms with Crippen molar-refractivity contribution < 1.29 is 23.9 Å². The first-order valence-electron chi connectivity index (χ1n) is 14.7. The first-order valence-corrected chi connectivity index (χ1v) is 14.7. The molecule has 5 aliphatic rings. The fraction of sp³-hybridized carbons (Fsp3) is 0.222. The number of carbonyl (C=O) groups excluding carboxylic acids is 4. The zero-order valence-electron chi connectivity index (χ0n) is 23.5. The molecule has 0 saturated carbocycles. The van der Waals surface area contributed by atoms with Gasteiger partial charge in [0.25, 0.3) is 0 Å². The van der Waals surface area contributed by atoms with Crippen LogP contribution in [0.1, 0.15) is 46.1 Å². The van der Waals surface area contributed by atoms with Gasteiger partial charge >= 0.3 is 5.97 Å². The first kappa shape index (κ1) is 25.7. The number of benzene rings is 4. The predicted molar refractivity (Wildman–Crippen MR) is 160 cm³/mol. The van der Waals surface area contributed by atoms with Crippen LogP contribution in [-0.2, 0) is 19.2 Å². The van der Waals surface area contributed by atoms with Crippen LogP contribution in [0, 0.1) is 24.7 Å². The average Bonchev–Trinajstić information content (AvgIpc) is 3.54. The molecule has 2 bridgehead atoms. The maximum atomic E-state index is 14.0. The number of amides is 3. The van der Waals surface area contributed by atoms with E-state index in [1.54, 1.807) is 29.2 Å². The zero-order chi connectivity index (χ0) is 29.4. The van der Waals surface area contributed by atoms with Crippen molar-refractivity contribution in [2.75, 3.05) is 16.3 Å². The van der Waals surface area contributed by atoms with Crippen molar-refractivity contribution in [1.29, 1.82) is 0 Å². The van der Waals surface area contributed by atoms with Gasteiger partial charge in [0.15, 0.2) is 0 Å². The minimum Gasteiger partial charge on any atom is -0.426 e. The summed E-state index contributed by atoms with van der Waals surface area (Å²) >= 11 is 0. The van der Waals surface area contributed by atoms with E-state index in [4.69, 9.17) is 4.74 Å². The molecule has 3 aliphatic carbocycles. The fourth-order valence-corrected chi connectivity index (χ4v) is 7.76. The number of rotatable bonds is 4. The average molecular weight is 569 g/mol. The van der Waals surface area contributed by atoms with Crippen LogP contribution in [-0.4, -0.2) is 30.2 Å². The predicted octanol–water partition coefficient (Wildman–Crippen LogP) is 5.35. The Hall–Kier alpha value is -5.04. The summed E-state index contributed by atoms with van der Waals surface area (Å²) in [5.74, 6) is -2.54. The van der Waals surface area contributed by atoms with Crippen molar-refractivity contribution in [3.05, 3.63) is 125 Å². The molecular weight excluding hydrogens is 540 g/mol. The van der Waals surface area contributed by atoms with Crippen molar-refractivity contribution in [2.24, 2.45) is 17.8 Å². The van der Waals surface area contributed by atoms with E-state index in [-0.39, 0.29) is 42.5 Å². The molecular formula is C36H28N2O5. The molecule has 3 atom stereocenters. The fourth-order valence-electron chi connectivity index (χ4n) is 7.76. The Morgan fingerprint density at radius 3 is 1.74 bits per heavy atom. The third-order valence-electron chi connectivity index (χ3n) is 9.63. The molecule has 7 heteroatoms. The lowest BCUT2D eigenvalue weighted by atomic mass is 9.55. The van der Waals surface area contributed by atoms with E-state index in [0.717, 1.165) is 33.5 Å². The van der Waals surface area contributed by atoms with E-state index in [1.165, 1.54) is 4.90 Å². The third kappa shape index (κ3) is 3.74. The van der Waals surface area contributed by atoms with Gasteiger partial charge in [0.05, 0.1) is 23.4 Å². The summed E-state index contributed by atoms with van der Waals surface area (Å²) < 4.78 is 5.65. The van der Waals surface area contributed by atoms with Gasteiger partial charge < -0.3 is 9.64 Å². The van der Waals surface area contributed by atoms with Crippen molar-refractivity contribution in [2.45, 2.75) is 25.2 Å². The molecule has 2 aliphatic heterocycles. The lowest BCUT2D eigenvalue weighted by Gasteiger charge is -2.45. The van der Waals surface area contributed by atoms with Crippen molar-refractivity contribution in [1.82, 2.24) is 0 Å². The Bertz CT molecular complexity index is 1730. The Morgan fingerprint density at radius 1 is 0.698 bits per heavy atom. The highest BCUT2D eigenvalue weighted by molar-refractivity contribution is 6.23. The largest absolute Gasteiger partial charge is 0.426 e. The molecule has 2 heterocycles. The molecule has 0 spiro atoms. The first-order chi connectivity index (χ1) is 20.9. The molecule has 2 saturated heterocycles. The summed E-state index contributed by atoms with van der Waals surface area (Å²) in [5, 5.41) is 0. The van der Waals surface area contributed by atoms with Gasteiger partial charge in [-0.3, -0.25) is 19.2 Å². The van der Waals surface area contributed by atoms with E-state index in [1.807, 2.05) is 55.5 Å². The van der Waals surface area contributed by atoms with Crippen LogP contribution in [0.15, 0.2) is 97.1 Å². The number of aryl methyl sites for hydroxylation is 1. The van der Waals surface area contributed by atoms with Gasteiger partial charge in [-0.15, -0.1) is 0 Å². The van der Waals surface area contributed by atoms with Crippen LogP contribution in [0.5, 0.6) is 5.75 Å². The van der Waals surface area contributed by atoms with Gasteiger partial charge in [0.1, 0.15) is 5.75 Å². The number of hydrogen-bond donors (Lipinski definition) is 0. The Kier molecular flexibility index (Phi) is 5.66. The number of anilines is 2. The minimum absolute atomic E-state index is 0.0813. The van der Waals surface area contributed by atoms with Gasteiger partial charge in [-0.2, -0.15) is 0 Å². The van der Waals surface area contributed by atoms with Crippen LogP contribution in [0.4, 0.5) is 11.4 Å². The molecule has 2 fully saturated rings. The van der Waals surface area contributed by atoms with Crippen molar-refractivity contribution in [3.63, 3.8) is 0 Å². The number of ether oxygens (including phenoxy) is 1. The summed E-state index contributed by atoms with van der Waals surface area (Å²) in [7, 11) is 0. The van der Waals surface area contributed by atoms with E-state index in [9.17, 15) is 19.2 Å². The third-order valence-corrected chi connectivity index (χ3v) is 9.63. The number of carbonyl (C=O) groups is 4. The Balaban J connectivity index is 1.02. The monoisotopic (exact) mass is 568 g/mol. The molecule has 0 aromatic heterocycles. The molecule has 3 amide bonds. The second-order valence-corrected chi connectivity index (χ2v) is 11.9. The lowest BCUT2D eigenvalue weighted by Crippen LogP contribution is -2.41. The second kappa shape index (κ2) is 9.49. The lowest BCUT2D eigenvalue weighted by molar-refractivity contribution is -0.139. The molecule has 0 N–H and O–H groups in total. The highest BCUT2D eigenvalue weighted by atomic mass is 16.5. The van der Waals surface area contributed by atoms with Crippen LogP contribution in [0.3, 0.4) is 0 Å². The standard InChI is InChI=1S/C36H28N2O5/c1-20-8-2-7-13-28(20)37-19-21(18-29(37)39)36(42)43-23-16-14-22(15-17-23)38-34(40)32-30-24-9-3-4-10-25(24)31(33(32)35(38)41)27-12-6-5-11-26(27)30/h2-17,21,30-33H,18-19H2,1H3/t21-,30?,31?,32+,33+/m1/s1. The van der Waals surface area contributed by atoms with Crippen LogP contribution >= 0.6 is 0 Å². The van der Waals surface area contributed by atoms with Crippen LogP contribution in [0.25, 0.3) is 0 Å². The summed E-state index contributed by atoms with van der Waals surface area (Å²) in [4.78, 5) is 56.6. The van der Waals surface area contributed by atoms with Gasteiger partial charge in [-0.25, -0.2) is 4.90 Å². The topological polar surface area (TPSA) is 84.0 Å². The summed E-state index contributed by atoms with van der Waals surface area (Å²) in [6.07, 6.45) is 0.0813. The van der Waals surface area contributed by atoms with Gasteiger partial charge in [-0.05, 0) is 65.1 Å². The minimum atomic E-state index is -0.588. The van der Waals surface area contributed by atoms with E-state index < -0.39 is 23.7 Å². The molecule has 0 unspecified atom stereocenters. The quantitative estimate of drug-likeness (QED) is 0.188. The summed E-state index contributed by atoms with van der Waals surface area (Å²) in [5.41, 5.74) is 6.74. The maximum absolute atomic E-state index is 14.0. The Labute approximate surface area is 248 Å². The molecule has 43 heavy (non-hydrogen) atoms. The molecule has 7 nitrogen and oxygen atoms in total.